The molecule has 23 heavy (non-hydrogen) atoms. The van der Waals surface area contributed by atoms with Crippen LogP contribution in [0.5, 0.6) is 0 Å². The summed E-state index contributed by atoms with van der Waals surface area (Å²) in [5.74, 6) is 0. The molecule has 0 radical (unpaired) electrons. The molecule has 0 aromatic rings. The van der Waals surface area contributed by atoms with Gasteiger partial charge in [-0.25, -0.2) is 0 Å². The fraction of sp³-hybridized carbons (Fsp3) is 1.00. The molecule has 1 fully saturated rings. The molecule has 1 heterocycles. The maximum absolute atomic E-state index is 5.93. The van der Waals surface area contributed by atoms with Crippen molar-refractivity contribution < 1.29 is 8.85 Å². The molecule has 138 valence electrons. The molecule has 0 amide bonds. The quantitative estimate of drug-likeness (QED) is 0.540. The van der Waals surface area contributed by atoms with Crippen molar-refractivity contribution in [1.29, 1.82) is 0 Å². The summed E-state index contributed by atoms with van der Waals surface area (Å²) >= 11 is 0. The topological polar surface area (TPSA) is 33.7 Å². The van der Waals surface area contributed by atoms with E-state index in [-0.39, 0.29) is 0 Å². The standard InChI is InChI=1S/C17H40N2O2Si2/c1-7-20-23(6,21-8-2)14-9-12-19-13-10-17(16-19)18-11-15-22(3,4)5/h17-18H,7-16H2,1-6H3. The molecule has 6 heteroatoms. The summed E-state index contributed by atoms with van der Waals surface area (Å²) in [5.41, 5.74) is 0. The summed E-state index contributed by atoms with van der Waals surface area (Å²) in [6.07, 6.45) is 2.50. The second-order valence-electron chi connectivity index (χ2n) is 8.15. The predicted octanol–water partition coefficient (Wildman–Crippen LogP) is 3.52. The Labute approximate surface area is 146 Å². The van der Waals surface area contributed by atoms with Crippen LogP contribution >= 0.6 is 0 Å². The van der Waals surface area contributed by atoms with Gasteiger partial charge in [0.05, 0.1) is 0 Å². The molecular weight excluding hydrogens is 320 g/mol. The molecule has 1 aliphatic heterocycles. The normalized spacial score (nSPS) is 20.3. The zero-order valence-corrected chi connectivity index (χ0v) is 18.4. The van der Waals surface area contributed by atoms with E-state index in [0.29, 0.717) is 6.04 Å². The summed E-state index contributed by atoms with van der Waals surface area (Å²) in [6.45, 7) is 20.1. The lowest BCUT2D eigenvalue weighted by Crippen LogP contribution is -2.40. The number of nitrogens with one attached hydrogen (secondary N) is 1. The monoisotopic (exact) mass is 360 g/mol. The zero-order chi connectivity index (χ0) is 17.3. The molecule has 1 rings (SSSR count). The van der Waals surface area contributed by atoms with E-state index in [0.717, 1.165) is 19.3 Å². The number of nitrogens with zero attached hydrogens (tertiary/aromatic N) is 1. The molecule has 1 N–H and O–H groups in total. The maximum atomic E-state index is 5.93. The third-order valence-corrected chi connectivity index (χ3v) is 9.40. The molecule has 0 spiro atoms. The highest BCUT2D eigenvalue weighted by atomic mass is 28.4. The van der Waals surface area contributed by atoms with E-state index in [2.05, 4.69) is 50.3 Å². The van der Waals surface area contributed by atoms with Crippen LogP contribution in [-0.4, -0.2) is 67.0 Å². The Morgan fingerprint density at radius 3 is 2.26 bits per heavy atom. The Hall–Kier alpha value is 0.274. The van der Waals surface area contributed by atoms with Crippen molar-refractivity contribution in [2.75, 3.05) is 39.4 Å². The van der Waals surface area contributed by atoms with Gasteiger partial charge in [-0.05, 0) is 65.0 Å². The van der Waals surface area contributed by atoms with Crippen molar-refractivity contribution in [3.8, 4) is 0 Å². The van der Waals surface area contributed by atoms with Crippen LogP contribution in [-0.2, 0) is 8.85 Å². The van der Waals surface area contributed by atoms with Gasteiger partial charge >= 0.3 is 8.56 Å². The van der Waals surface area contributed by atoms with Crippen LogP contribution in [0.4, 0.5) is 0 Å². The van der Waals surface area contributed by atoms with Crippen molar-refractivity contribution in [2.24, 2.45) is 0 Å². The second-order valence-corrected chi connectivity index (χ2v) is 17.1. The third-order valence-electron chi connectivity index (χ3n) is 4.58. The average molecular weight is 361 g/mol. The maximum Gasteiger partial charge on any atom is 0.334 e. The summed E-state index contributed by atoms with van der Waals surface area (Å²) in [5, 5.41) is 3.77. The van der Waals surface area contributed by atoms with Crippen molar-refractivity contribution in [2.45, 2.75) is 71.0 Å². The van der Waals surface area contributed by atoms with Gasteiger partial charge < -0.3 is 19.1 Å². The summed E-state index contributed by atoms with van der Waals surface area (Å²) in [6, 6.07) is 3.20. The van der Waals surface area contributed by atoms with Crippen LogP contribution < -0.4 is 5.32 Å². The Morgan fingerprint density at radius 2 is 1.70 bits per heavy atom. The molecular formula is C17H40N2O2Si2. The Balaban J connectivity index is 2.19. The highest BCUT2D eigenvalue weighted by Crippen LogP contribution is 2.18. The highest BCUT2D eigenvalue weighted by Gasteiger charge is 2.31. The lowest BCUT2D eigenvalue weighted by molar-refractivity contribution is 0.186. The molecule has 0 aromatic heterocycles. The number of rotatable bonds is 12. The first-order valence-electron chi connectivity index (χ1n) is 9.51. The molecule has 1 saturated heterocycles. The van der Waals surface area contributed by atoms with E-state index in [4.69, 9.17) is 8.85 Å². The van der Waals surface area contributed by atoms with E-state index in [9.17, 15) is 0 Å². The molecule has 0 aromatic carbocycles. The van der Waals surface area contributed by atoms with Crippen LogP contribution in [0.25, 0.3) is 0 Å². The second kappa shape index (κ2) is 10.3. The van der Waals surface area contributed by atoms with Crippen LogP contribution in [0.1, 0.15) is 26.7 Å². The van der Waals surface area contributed by atoms with E-state index in [1.807, 2.05) is 0 Å². The van der Waals surface area contributed by atoms with Gasteiger partial charge in [0.2, 0.25) is 0 Å². The fourth-order valence-corrected chi connectivity index (χ4v) is 6.56. The number of hydrogen-bond donors (Lipinski definition) is 1. The Kier molecular flexibility index (Phi) is 9.55. The Bertz CT molecular complexity index is 318. The number of likely N-dealkylation sites (tertiary alicyclic amines) is 1. The van der Waals surface area contributed by atoms with E-state index in [1.165, 1.54) is 45.1 Å². The highest BCUT2D eigenvalue weighted by molar-refractivity contribution is 6.76. The lowest BCUT2D eigenvalue weighted by atomic mass is 10.3. The van der Waals surface area contributed by atoms with Crippen LogP contribution in [0.2, 0.25) is 38.3 Å². The first-order valence-corrected chi connectivity index (χ1v) is 15.7. The molecule has 0 bridgehead atoms. The van der Waals surface area contributed by atoms with E-state index < -0.39 is 16.6 Å². The van der Waals surface area contributed by atoms with Crippen molar-refractivity contribution in [3.05, 3.63) is 0 Å². The van der Waals surface area contributed by atoms with Crippen molar-refractivity contribution in [3.63, 3.8) is 0 Å². The zero-order valence-electron chi connectivity index (χ0n) is 16.4. The van der Waals surface area contributed by atoms with E-state index >= 15 is 0 Å². The minimum atomic E-state index is -1.92. The summed E-state index contributed by atoms with van der Waals surface area (Å²) in [7, 11) is -2.82. The summed E-state index contributed by atoms with van der Waals surface area (Å²) in [4.78, 5) is 2.61. The number of hydrogen-bond acceptors (Lipinski definition) is 4. The molecule has 4 nitrogen and oxygen atoms in total. The SMILES string of the molecule is CCO[Si](C)(CCCN1CCC(NCC[Si](C)(C)C)C1)OCC. The van der Waals surface area contributed by atoms with Crippen LogP contribution in [0.15, 0.2) is 0 Å². The van der Waals surface area contributed by atoms with Crippen molar-refractivity contribution in [1.82, 2.24) is 10.2 Å². The minimum Gasteiger partial charge on any atom is -0.395 e. The van der Waals surface area contributed by atoms with Gasteiger partial charge in [-0.2, -0.15) is 0 Å². The smallest absolute Gasteiger partial charge is 0.334 e. The third kappa shape index (κ3) is 9.36. The largest absolute Gasteiger partial charge is 0.395 e. The molecule has 0 saturated carbocycles. The fourth-order valence-electron chi connectivity index (χ4n) is 3.27. The van der Waals surface area contributed by atoms with Gasteiger partial charge in [0.15, 0.2) is 0 Å². The van der Waals surface area contributed by atoms with Gasteiger partial charge in [0.1, 0.15) is 0 Å². The molecule has 1 unspecified atom stereocenters. The van der Waals surface area contributed by atoms with Gasteiger partial charge in [-0.15, -0.1) is 0 Å². The Morgan fingerprint density at radius 1 is 1.04 bits per heavy atom. The average Bonchev–Trinajstić information content (AvgIpc) is 2.85. The first-order chi connectivity index (χ1) is 10.8. The summed E-state index contributed by atoms with van der Waals surface area (Å²) < 4.78 is 11.9. The lowest BCUT2D eigenvalue weighted by Gasteiger charge is -2.27. The van der Waals surface area contributed by atoms with Gasteiger partial charge in [-0.1, -0.05) is 19.6 Å². The van der Waals surface area contributed by atoms with E-state index in [1.54, 1.807) is 0 Å². The molecule has 0 aliphatic carbocycles. The molecule has 1 aliphatic rings. The first kappa shape index (κ1) is 21.3. The minimum absolute atomic E-state index is 0.703. The van der Waals surface area contributed by atoms with Crippen molar-refractivity contribution >= 4 is 16.6 Å². The molecule has 1 atom stereocenters. The van der Waals surface area contributed by atoms with Gasteiger partial charge in [-0.3, -0.25) is 0 Å². The van der Waals surface area contributed by atoms with Gasteiger partial charge in [0, 0.05) is 33.9 Å². The van der Waals surface area contributed by atoms with Gasteiger partial charge in [0.25, 0.3) is 0 Å². The van der Waals surface area contributed by atoms with Crippen LogP contribution in [0.3, 0.4) is 0 Å². The predicted molar refractivity (Wildman–Crippen MR) is 105 cm³/mol. The van der Waals surface area contributed by atoms with Crippen LogP contribution in [0, 0.1) is 0 Å².